The van der Waals surface area contributed by atoms with E-state index < -0.39 is 16.4 Å². The molecule has 0 saturated carbocycles. The number of aromatic nitrogens is 2. The summed E-state index contributed by atoms with van der Waals surface area (Å²) in [4.78, 5) is 17.4. The standard InChI is InChI=1S/C10H6Cl2FN5O2/c11-5-1-4(13)2-6(12)7(5)17-10-8(18(19)20)9(14)15-3-16-10/h1-3H,(H3,14,15,16,17). The summed E-state index contributed by atoms with van der Waals surface area (Å²) in [5.74, 6) is -1.15. The molecular weight excluding hydrogens is 312 g/mol. The van der Waals surface area contributed by atoms with Gasteiger partial charge in [-0.05, 0) is 12.1 Å². The second kappa shape index (κ2) is 5.43. The second-order valence-corrected chi connectivity index (χ2v) is 4.40. The van der Waals surface area contributed by atoms with Crippen molar-refractivity contribution in [1.82, 2.24) is 9.97 Å². The van der Waals surface area contributed by atoms with Gasteiger partial charge in [-0.3, -0.25) is 10.1 Å². The van der Waals surface area contributed by atoms with Gasteiger partial charge in [-0.1, -0.05) is 23.2 Å². The van der Waals surface area contributed by atoms with Crippen molar-refractivity contribution < 1.29 is 9.31 Å². The molecule has 20 heavy (non-hydrogen) atoms. The fraction of sp³-hybridized carbons (Fsp3) is 0. The molecule has 1 aromatic heterocycles. The van der Waals surface area contributed by atoms with Gasteiger partial charge in [0, 0.05) is 0 Å². The summed E-state index contributed by atoms with van der Waals surface area (Å²) in [5.41, 5.74) is 4.97. The molecule has 0 bridgehead atoms. The van der Waals surface area contributed by atoms with Crippen LogP contribution in [0.4, 0.5) is 27.4 Å². The first kappa shape index (κ1) is 14.2. The minimum absolute atomic E-state index is 0.0542. The van der Waals surface area contributed by atoms with Crippen molar-refractivity contribution in [3.05, 3.63) is 44.4 Å². The molecular formula is C10H6Cl2FN5O2. The van der Waals surface area contributed by atoms with Crippen molar-refractivity contribution in [2.24, 2.45) is 0 Å². The van der Waals surface area contributed by atoms with Crippen molar-refractivity contribution in [2.75, 3.05) is 11.1 Å². The third-order valence-electron chi connectivity index (χ3n) is 2.28. The smallest absolute Gasteiger partial charge is 0.353 e. The van der Waals surface area contributed by atoms with Crippen molar-refractivity contribution in [3.63, 3.8) is 0 Å². The number of nitrogens with two attached hydrogens (primary N) is 1. The summed E-state index contributed by atoms with van der Waals surface area (Å²) >= 11 is 11.6. The third kappa shape index (κ3) is 2.70. The van der Waals surface area contributed by atoms with E-state index in [1.807, 2.05) is 0 Å². The monoisotopic (exact) mass is 317 g/mol. The Balaban J connectivity index is 2.51. The van der Waals surface area contributed by atoms with E-state index in [9.17, 15) is 14.5 Å². The number of rotatable bonds is 3. The first-order valence-electron chi connectivity index (χ1n) is 5.06. The Morgan fingerprint density at radius 3 is 2.45 bits per heavy atom. The normalized spacial score (nSPS) is 10.3. The fourth-order valence-electron chi connectivity index (χ4n) is 1.44. The van der Waals surface area contributed by atoms with E-state index in [0.29, 0.717) is 0 Å². The molecule has 104 valence electrons. The maximum atomic E-state index is 13.1. The lowest BCUT2D eigenvalue weighted by Gasteiger charge is -2.10. The lowest BCUT2D eigenvalue weighted by molar-refractivity contribution is -0.383. The molecule has 2 rings (SSSR count). The summed E-state index contributed by atoms with van der Waals surface area (Å²) in [6.07, 6.45) is 1.04. The van der Waals surface area contributed by atoms with Gasteiger partial charge < -0.3 is 11.1 Å². The summed E-state index contributed by atoms with van der Waals surface area (Å²) in [5, 5.41) is 13.4. The lowest BCUT2D eigenvalue weighted by atomic mass is 10.3. The Hall–Kier alpha value is -2.19. The number of nitrogens with zero attached hydrogens (tertiary/aromatic N) is 3. The molecule has 3 N–H and O–H groups in total. The van der Waals surface area contributed by atoms with Crippen LogP contribution < -0.4 is 11.1 Å². The van der Waals surface area contributed by atoms with Crippen LogP contribution in [0.3, 0.4) is 0 Å². The highest BCUT2D eigenvalue weighted by molar-refractivity contribution is 6.39. The zero-order valence-corrected chi connectivity index (χ0v) is 11.1. The fourth-order valence-corrected chi connectivity index (χ4v) is 2.00. The molecule has 0 saturated heterocycles. The number of anilines is 3. The van der Waals surface area contributed by atoms with Gasteiger partial charge in [-0.25, -0.2) is 14.4 Å². The molecule has 0 amide bonds. The maximum absolute atomic E-state index is 13.1. The SMILES string of the molecule is Nc1ncnc(Nc2c(Cl)cc(F)cc2Cl)c1[N+](=O)[O-]. The number of nitrogens with one attached hydrogen (secondary N) is 1. The highest BCUT2D eigenvalue weighted by Crippen LogP contribution is 2.36. The van der Waals surface area contributed by atoms with Crippen molar-refractivity contribution in [2.45, 2.75) is 0 Å². The highest BCUT2D eigenvalue weighted by atomic mass is 35.5. The van der Waals surface area contributed by atoms with Crippen molar-refractivity contribution in [1.29, 1.82) is 0 Å². The van der Waals surface area contributed by atoms with Crippen LogP contribution in [0.5, 0.6) is 0 Å². The summed E-state index contributed by atoms with van der Waals surface area (Å²) in [6.45, 7) is 0. The van der Waals surface area contributed by atoms with Gasteiger partial charge >= 0.3 is 5.69 Å². The molecule has 0 spiro atoms. The van der Waals surface area contributed by atoms with E-state index in [0.717, 1.165) is 18.5 Å². The zero-order chi connectivity index (χ0) is 14.9. The van der Waals surface area contributed by atoms with Gasteiger partial charge in [-0.15, -0.1) is 0 Å². The zero-order valence-electron chi connectivity index (χ0n) is 9.60. The molecule has 0 fully saturated rings. The molecule has 0 unspecified atom stereocenters. The van der Waals surface area contributed by atoms with Gasteiger partial charge in [-0.2, -0.15) is 0 Å². The van der Waals surface area contributed by atoms with Gasteiger partial charge in [0.05, 0.1) is 20.7 Å². The average Bonchev–Trinajstić information content (AvgIpc) is 2.33. The van der Waals surface area contributed by atoms with Crippen LogP contribution in [-0.4, -0.2) is 14.9 Å². The quantitative estimate of drug-likeness (QED) is 0.665. The molecule has 1 aromatic carbocycles. The second-order valence-electron chi connectivity index (χ2n) is 3.58. The van der Waals surface area contributed by atoms with Crippen LogP contribution in [0.25, 0.3) is 0 Å². The number of hydrogen-bond acceptors (Lipinski definition) is 6. The van der Waals surface area contributed by atoms with Gasteiger partial charge in [0.25, 0.3) is 0 Å². The Morgan fingerprint density at radius 1 is 1.30 bits per heavy atom. The van der Waals surface area contributed by atoms with Crippen LogP contribution in [0.2, 0.25) is 10.0 Å². The molecule has 0 aliphatic heterocycles. The Morgan fingerprint density at radius 2 is 1.90 bits per heavy atom. The van der Waals surface area contributed by atoms with Gasteiger partial charge in [0.1, 0.15) is 12.1 Å². The Kier molecular flexibility index (Phi) is 3.86. The lowest BCUT2D eigenvalue weighted by Crippen LogP contribution is -2.05. The largest absolute Gasteiger partial charge is 0.378 e. The Labute approximate surface area is 121 Å². The maximum Gasteiger partial charge on any atom is 0.353 e. The van der Waals surface area contributed by atoms with E-state index in [4.69, 9.17) is 28.9 Å². The van der Waals surface area contributed by atoms with Crippen LogP contribution in [0.1, 0.15) is 0 Å². The molecule has 0 radical (unpaired) electrons. The summed E-state index contributed by atoms with van der Waals surface area (Å²) in [7, 11) is 0. The molecule has 0 aliphatic carbocycles. The predicted molar refractivity (Wildman–Crippen MR) is 72.8 cm³/mol. The molecule has 1 heterocycles. The van der Waals surface area contributed by atoms with Crippen molar-refractivity contribution >= 4 is 46.2 Å². The molecule has 10 heteroatoms. The molecule has 7 nitrogen and oxygen atoms in total. The average molecular weight is 318 g/mol. The van der Waals surface area contributed by atoms with E-state index >= 15 is 0 Å². The van der Waals surface area contributed by atoms with Crippen LogP contribution in [-0.2, 0) is 0 Å². The molecule has 2 aromatic rings. The van der Waals surface area contributed by atoms with Crippen LogP contribution in [0, 0.1) is 15.9 Å². The van der Waals surface area contributed by atoms with E-state index in [2.05, 4.69) is 15.3 Å². The summed E-state index contributed by atoms with van der Waals surface area (Å²) < 4.78 is 13.1. The van der Waals surface area contributed by atoms with E-state index in [-0.39, 0.29) is 27.4 Å². The van der Waals surface area contributed by atoms with E-state index in [1.165, 1.54) is 0 Å². The van der Waals surface area contributed by atoms with E-state index in [1.54, 1.807) is 0 Å². The highest BCUT2D eigenvalue weighted by Gasteiger charge is 2.22. The topological polar surface area (TPSA) is 107 Å². The third-order valence-corrected chi connectivity index (χ3v) is 2.88. The molecule has 0 aliphatic rings. The number of nitrogen functional groups attached to an aromatic ring is 1. The van der Waals surface area contributed by atoms with Gasteiger partial charge in [0.2, 0.25) is 11.6 Å². The predicted octanol–water partition coefficient (Wildman–Crippen LogP) is 3.16. The first-order valence-corrected chi connectivity index (χ1v) is 5.82. The van der Waals surface area contributed by atoms with Gasteiger partial charge in [0.15, 0.2) is 0 Å². The van der Waals surface area contributed by atoms with Crippen molar-refractivity contribution in [3.8, 4) is 0 Å². The number of halogens is 3. The molecule has 0 atom stereocenters. The number of hydrogen-bond donors (Lipinski definition) is 2. The summed E-state index contributed by atoms with van der Waals surface area (Å²) in [6, 6.07) is 2.01. The first-order chi connectivity index (χ1) is 9.40. The van der Waals surface area contributed by atoms with Crippen LogP contribution in [0.15, 0.2) is 18.5 Å². The van der Waals surface area contributed by atoms with Crippen LogP contribution >= 0.6 is 23.2 Å². The number of nitro groups is 1. The minimum Gasteiger partial charge on any atom is -0.378 e. The minimum atomic E-state index is -0.747. The Bertz CT molecular complexity index is 674. The number of benzene rings is 1.